The second kappa shape index (κ2) is 7.85. The minimum Gasteiger partial charge on any atom is -0.491 e. The summed E-state index contributed by atoms with van der Waals surface area (Å²) in [6, 6.07) is 11.4. The number of hydrogen-bond donors (Lipinski definition) is 0. The molecule has 2 heterocycles. The molecule has 0 radical (unpaired) electrons. The molecular weight excluding hydrogens is 340 g/mol. The lowest BCUT2D eigenvalue weighted by Crippen LogP contribution is -2.47. The van der Waals surface area contributed by atoms with Crippen molar-refractivity contribution in [1.29, 1.82) is 0 Å². The van der Waals surface area contributed by atoms with Crippen LogP contribution in [-0.4, -0.2) is 48.2 Å². The van der Waals surface area contributed by atoms with Gasteiger partial charge in [-0.15, -0.1) is 0 Å². The van der Waals surface area contributed by atoms with Crippen LogP contribution >= 0.6 is 11.6 Å². The van der Waals surface area contributed by atoms with Gasteiger partial charge in [-0.05, 0) is 38.1 Å². The molecule has 0 N–H and O–H groups in total. The lowest BCUT2D eigenvalue weighted by Gasteiger charge is -2.33. The first-order valence-corrected chi connectivity index (χ1v) is 8.64. The number of nitrogens with zero attached hydrogens (tertiary/aromatic N) is 2. The second-order valence-corrected chi connectivity index (χ2v) is 6.52. The molecule has 0 spiro atoms. The fraction of sp³-hybridized carbons (Fsp3) is 0.368. The Morgan fingerprint density at radius 2 is 2.04 bits per heavy atom. The van der Waals surface area contributed by atoms with Gasteiger partial charge in [-0.2, -0.15) is 0 Å². The molecule has 5 nitrogen and oxygen atoms in total. The predicted molar refractivity (Wildman–Crippen MR) is 96.3 cm³/mol. The highest BCUT2D eigenvalue weighted by molar-refractivity contribution is 6.32. The third-order valence-corrected chi connectivity index (χ3v) is 4.39. The summed E-state index contributed by atoms with van der Waals surface area (Å²) in [7, 11) is 0. The Balaban J connectivity index is 1.60. The standard InChI is InChI=1S/C19H21ClN2O3/c1-13-3-6-15(7-4-13)25-12-16-11-22(9-10-24-16)19(23)17-8-5-14(2)21-18(17)20/h3-8,16H,9-12H2,1-2H3/t16-/m0/s1. The molecule has 1 aromatic heterocycles. The van der Waals surface area contributed by atoms with Gasteiger partial charge in [-0.3, -0.25) is 4.79 Å². The summed E-state index contributed by atoms with van der Waals surface area (Å²) in [4.78, 5) is 18.6. The number of halogens is 1. The van der Waals surface area contributed by atoms with Crippen molar-refractivity contribution >= 4 is 17.5 Å². The van der Waals surface area contributed by atoms with Gasteiger partial charge in [0.2, 0.25) is 0 Å². The second-order valence-electron chi connectivity index (χ2n) is 6.16. The van der Waals surface area contributed by atoms with Gasteiger partial charge < -0.3 is 14.4 Å². The van der Waals surface area contributed by atoms with E-state index in [0.717, 1.165) is 11.4 Å². The summed E-state index contributed by atoms with van der Waals surface area (Å²) >= 11 is 6.12. The number of carbonyl (C=O) groups is 1. The lowest BCUT2D eigenvalue weighted by atomic mass is 10.2. The van der Waals surface area contributed by atoms with Gasteiger partial charge in [-0.25, -0.2) is 4.98 Å². The van der Waals surface area contributed by atoms with Crippen molar-refractivity contribution in [1.82, 2.24) is 9.88 Å². The topological polar surface area (TPSA) is 51.7 Å². The van der Waals surface area contributed by atoms with Crippen LogP contribution < -0.4 is 4.74 Å². The van der Waals surface area contributed by atoms with Crippen LogP contribution in [0.1, 0.15) is 21.6 Å². The molecule has 1 aromatic carbocycles. The van der Waals surface area contributed by atoms with Crippen LogP contribution in [0.4, 0.5) is 0 Å². The van der Waals surface area contributed by atoms with Crippen LogP contribution in [0.25, 0.3) is 0 Å². The van der Waals surface area contributed by atoms with E-state index < -0.39 is 0 Å². The molecule has 1 fully saturated rings. The van der Waals surface area contributed by atoms with Crippen molar-refractivity contribution in [3.63, 3.8) is 0 Å². The molecule has 1 saturated heterocycles. The number of hydrogen-bond acceptors (Lipinski definition) is 4. The van der Waals surface area contributed by atoms with E-state index in [2.05, 4.69) is 4.98 Å². The smallest absolute Gasteiger partial charge is 0.257 e. The Morgan fingerprint density at radius 3 is 2.76 bits per heavy atom. The van der Waals surface area contributed by atoms with Crippen molar-refractivity contribution in [2.75, 3.05) is 26.3 Å². The Bertz CT molecular complexity index is 749. The summed E-state index contributed by atoms with van der Waals surface area (Å²) in [6.45, 7) is 5.74. The number of ether oxygens (including phenoxy) is 2. The van der Waals surface area contributed by atoms with Crippen LogP contribution in [-0.2, 0) is 4.74 Å². The SMILES string of the molecule is Cc1ccc(OC[C@@H]2CN(C(=O)c3ccc(C)nc3Cl)CCO2)cc1. The molecular formula is C19H21ClN2O3. The third kappa shape index (κ3) is 4.50. The van der Waals surface area contributed by atoms with Crippen molar-refractivity contribution in [3.05, 3.63) is 58.4 Å². The van der Waals surface area contributed by atoms with Crippen LogP contribution in [0.5, 0.6) is 5.75 Å². The lowest BCUT2D eigenvalue weighted by molar-refractivity contribution is -0.0401. The predicted octanol–water partition coefficient (Wildman–Crippen LogP) is 3.27. The number of benzene rings is 1. The van der Waals surface area contributed by atoms with Crippen LogP contribution in [0.2, 0.25) is 5.15 Å². The molecule has 1 atom stereocenters. The van der Waals surface area contributed by atoms with E-state index in [-0.39, 0.29) is 17.2 Å². The molecule has 2 aromatic rings. The number of aromatic nitrogens is 1. The van der Waals surface area contributed by atoms with Gasteiger partial charge in [0.1, 0.15) is 23.6 Å². The minimum atomic E-state index is -0.170. The van der Waals surface area contributed by atoms with Gasteiger partial charge in [0.05, 0.1) is 18.7 Å². The number of pyridine rings is 1. The number of aryl methyl sites for hydroxylation is 2. The zero-order valence-electron chi connectivity index (χ0n) is 14.4. The molecule has 0 bridgehead atoms. The molecule has 132 valence electrons. The van der Waals surface area contributed by atoms with Crippen molar-refractivity contribution in [2.45, 2.75) is 20.0 Å². The van der Waals surface area contributed by atoms with Gasteiger partial charge in [0.25, 0.3) is 5.91 Å². The van der Waals surface area contributed by atoms with Crippen molar-refractivity contribution < 1.29 is 14.3 Å². The zero-order valence-corrected chi connectivity index (χ0v) is 15.1. The van der Waals surface area contributed by atoms with Gasteiger partial charge >= 0.3 is 0 Å². The number of amides is 1. The highest BCUT2D eigenvalue weighted by atomic mass is 35.5. The number of rotatable bonds is 4. The summed E-state index contributed by atoms with van der Waals surface area (Å²) in [6.07, 6.45) is -0.170. The molecule has 0 saturated carbocycles. The molecule has 6 heteroatoms. The maximum atomic E-state index is 12.7. The van der Waals surface area contributed by atoms with Crippen LogP contribution in [0, 0.1) is 13.8 Å². The average Bonchev–Trinajstić information content (AvgIpc) is 2.61. The van der Waals surface area contributed by atoms with Gasteiger partial charge in [0.15, 0.2) is 0 Å². The van der Waals surface area contributed by atoms with Crippen molar-refractivity contribution in [3.8, 4) is 5.75 Å². The largest absolute Gasteiger partial charge is 0.491 e. The Kier molecular flexibility index (Phi) is 5.56. The Morgan fingerprint density at radius 1 is 1.28 bits per heavy atom. The monoisotopic (exact) mass is 360 g/mol. The quantitative estimate of drug-likeness (QED) is 0.785. The molecule has 0 aliphatic carbocycles. The fourth-order valence-corrected chi connectivity index (χ4v) is 2.96. The molecule has 1 aliphatic heterocycles. The minimum absolute atomic E-state index is 0.124. The van der Waals surface area contributed by atoms with Crippen molar-refractivity contribution in [2.24, 2.45) is 0 Å². The highest BCUT2D eigenvalue weighted by Crippen LogP contribution is 2.19. The number of morpholine rings is 1. The van der Waals surface area contributed by atoms with E-state index in [1.54, 1.807) is 17.0 Å². The maximum Gasteiger partial charge on any atom is 0.257 e. The highest BCUT2D eigenvalue weighted by Gasteiger charge is 2.27. The first-order chi connectivity index (χ1) is 12.0. The van der Waals surface area contributed by atoms with E-state index in [4.69, 9.17) is 21.1 Å². The fourth-order valence-electron chi connectivity index (χ4n) is 2.68. The van der Waals surface area contributed by atoms with E-state index in [9.17, 15) is 4.79 Å². The molecule has 0 unspecified atom stereocenters. The summed E-state index contributed by atoms with van der Waals surface area (Å²) in [5.74, 6) is 0.671. The summed E-state index contributed by atoms with van der Waals surface area (Å²) < 4.78 is 11.5. The molecule has 1 aliphatic rings. The van der Waals surface area contributed by atoms with E-state index >= 15 is 0 Å². The first kappa shape index (κ1) is 17.7. The van der Waals surface area contributed by atoms with E-state index in [1.807, 2.05) is 38.1 Å². The average molecular weight is 361 g/mol. The van der Waals surface area contributed by atoms with E-state index in [1.165, 1.54) is 5.56 Å². The normalized spacial score (nSPS) is 17.4. The Hall–Kier alpha value is -2.11. The molecule has 3 rings (SSSR count). The van der Waals surface area contributed by atoms with Crippen LogP contribution in [0.3, 0.4) is 0 Å². The third-order valence-electron chi connectivity index (χ3n) is 4.10. The van der Waals surface area contributed by atoms with Crippen LogP contribution in [0.15, 0.2) is 36.4 Å². The van der Waals surface area contributed by atoms with Gasteiger partial charge in [0, 0.05) is 12.2 Å². The molecule has 25 heavy (non-hydrogen) atoms. The summed E-state index contributed by atoms with van der Waals surface area (Å²) in [5.41, 5.74) is 2.39. The number of carbonyl (C=O) groups excluding carboxylic acids is 1. The van der Waals surface area contributed by atoms with Gasteiger partial charge in [-0.1, -0.05) is 29.3 Å². The summed E-state index contributed by atoms with van der Waals surface area (Å²) in [5, 5.41) is 0.240. The van der Waals surface area contributed by atoms with E-state index in [0.29, 0.717) is 31.9 Å². The maximum absolute atomic E-state index is 12.7. The first-order valence-electron chi connectivity index (χ1n) is 8.26. The molecule has 1 amide bonds. The Labute approximate surface area is 152 Å². The zero-order chi connectivity index (χ0) is 17.8.